The second-order valence-electron chi connectivity index (χ2n) is 4.87. The molecule has 0 aliphatic carbocycles. The Balaban J connectivity index is 1.87. The molecule has 0 amide bonds. The Bertz CT molecular complexity index is 780. The average Bonchev–Trinajstić information content (AvgIpc) is 2.80. The Morgan fingerprint density at radius 1 is 1.14 bits per heavy atom. The predicted octanol–water partition coefficient (Wildman–Crippen LogP) is 3.74. The third kappa shape index (κ3) is 3.04. The van der Waals surface area contributed by atoms with Gasteiger partial charge in [-0.15, -0.1) is 0 Å². The molecule has 3 rings (SSSR count). The predicted molar refractivity (Wildman–Crippen MR) is 78.1 cm³/mol. The van der Waals surface area contributed by atoms with Gasteiger partial charge in [0.05, 0.1) is 17.1 Å². The lowest BCUT2D eigenvalue weighted by Gasteiger charge is -2.09. The smallest absolute Gasteiger partial charge is 0.126 e. The highest BCUT2D eigenvalue weighted by Gasteiger charge is 2.13. The first-order valence-electron chi connectivity index (χ1n) is 6.37. The second-order valence-corrected chi connectivity index (χ2v) is 5.31. The number of fused-ring (bicyclic) bond motifs is 1. The lowest BCUT2D eigenvalue weighted by atomic mass is 10.1. The van der Waals surface area contributed by atoms with Crippen molar-refractivity contribution in [1.82, 2.24) is 9.97 Å². The zero-order valence-corrected chi connectivity index (χ0v) is 11.7. The maximum atomic E-state index is 13.2. The van der Waals surface area contributed by atoms with Crippen LogP contribution in [0.3, 0.4) is 0 Å². The molecular weight excluding hydrogens is 296 g/mol. The number of aromatic nitrogens is 2. The number of hydrogen-bond donors (Lipinski definition) is 2. The largest absolute Gasteiger partial charge is 0.341 e. The van der Waals surface area contributed by atoms with Crippen LogP contribution in [0, 0.1) is 11.6 Å². The molecule has 3 aromatic rings. The second kappa shape index (κ2) is 5.42. The highest BCUT2D eigenvalue weighted by Crippen LogP contribution is 2.21. The molecule has 21 heavy (non-hydrogen) atoms. The molecule has 0 aliphatic rings. The number of rotatable bonds is 3. The fourth-order valence-electron chi connectivity index (χ4n) is 2.26. The number of nitrogens with two attached hydrogens (primary N) is 1. The summed E-state index contributed by atoms with van der Waals surface area (Å²) in [4.78, 5) is 7.45. The van der Waals surface area contributed by atoms with Crippen molar-refractivity contribution in [2.75, 3.05) is 0 Å². The molecule has 0 saturated heterocycles. The zero-order chi connectivity index (χ0) is 15.0. The van der Waals surface area contributed by atoms with Crippen molar-refractivity contribution in [3.05, 3.63) is 64.4 Å². The van der Waals surface area contributed by atoms with Crippen LogP contribution in [-0.4, -0.2) is 9.97 Å². The van der Waals surface area contributed by atoms with E-state index in [1.165, 1.54) is 12.1 Å². The van der Waals surface area contributed by atoms with Crippen molar-refractivity contribution in [3.8, 4) is 0 Å². The van der Waals surface area contributed by atoms with Crippen molar-refractivity contribution in [1.29, 1.82) is 0 Å². The van der Waals surface area contributed by atoms with Crippen LogP contribution in [0.2, 0.25) is 5.02 Å². The van der Waals surface area contributed by atoms with Crippen LogP contribution in [-0.2, 0) is 6.42 Å². The zero-order valence-electron chi connectivity index (χ0n) is 10.9. The van der Waals surface area contributed by atoms with Gasteiger partial charge in [-0.1, -0.05) is 11.6 Å². The van der Waals surface area contributed by atoms with Crippen LogP contribution < -0.4 is 5.73 Å². The number of halogens is 3. The molecule has 0 spiro atoms. The quantitative estimate of drug-likeness (QED) is 0.774. The lowest BCUT2D eigenvalue weighted by Crippen LogP contribution is -2.15. The first kappa shape index (κ1) is 14.0. The summed E-state index contributed by atoms with van der Waals surface area (Å²) in [6.45, 7) is 0. The van der Waals surface area contributed by atoms with Gasteiger partial charge in [-0.05, 0) is 42.3 Å². The van der Waals surface area contributed by atoms with Crippen LogP contribution in [0.1, 0.15) is 17.4 Å². The first-order valence-corrected chi connectivity index (χ1v) is 6.75. The van der Waals surface area contributed by atoms with E-state index in [0.29, 0.717) is 16.4 Å². The number of H-pyrrole nitrogens is 1. The molecule has 0 radical (unpaired) electrons. The van der Waals surface area contributed by atoms with E-state index in [0.717, 1.165) is 17.1 Å². The maximum Gasteiger partial charge on any atom is 0.126 e. The summed E-state index contributed by atoms with van der Waals surface area (Å²) in [5.41, 5.74) is 8.06. The molecule has 0 unspecified atom stereocenters. The van der Waals surface area contributed by atoms with Crippen LogP contribution in [0.15, 0.2) is 36.4 Å². The molecule has 3 N–H and O–H groups in total. The molecule has 6 heteroatoms. The monoisotopic (exact) mass is 307 g/mol. The third-order valence-electron chi connectivity index (χ3n) is 3.19. The minimum absolute atomic E-state index is 0.280. The van der Waals surface area contributed by atoms with Crippen LogP contribution in [0.5, 0.6) is 0 Å². The molecule has 0 fully saturated rings. The summed E-state index contributed by atoms with van der Waals surface area (Å²) in [5, 5.41) is 0.596. The Labute approximate surface area is 124 Å². The van der Waals surface area contributed by atoms with Gasteiger partial charge < -0.3 is 10.7 Å². The van der Waals surface area contributed by atoms with Gasteiger partial charge in [-0.3, -0.25) is 0 Å². The molecule has 1 aromatic heterocycles. The number of nitrogens with one attached hydrogen (secondary N) is 1. The van der Waals surface area contributed by atoms with Crippen molar-refractivity contribution in [3.63, 3.8) is 0 Å². The van der Waals surface area contributed by atoms with Gasteiger partial charge in [0, 0.05) is 11.1 Å². The SMILES string of the molecule is N[C@@H](Cc1cc(F)cc(F)c1)c1nc2ccc(Cl)cc2[nH]1. The van der Waals surface area contributed by atoms with E-state index in [9.17, 15) is 8.78 Å². The Morgan fingerprint density at radius 2 is 1.86 bits per heavy atom. The van der Waals surface area contributed by atoms with Crippen LogP contribution in [0.4, 0.5) is 8.78 Å². The topological polar surface area (TPSA) is 54.7 Å². The normalized spacial score (nSPS) is 12.8. The van der Waals surface area contributed by atoms with Gasteiger partial charge in [0.2, 0.25) is 0 Å². The number of nitrogens with zero attached hydrogens (tertiary/aromatic N) is 1. The fraction of sp³-hybridized carbons (Fsp3) is 0.133. The molecule has 0 bridgehead atoms. The van der Waals surface area contributed by atoms with Gasteiger partial charge in [0.1, 0.15) is 17.5 Å². The van der Waals surface area contributed by atoms with Crippen molar-refractivity contribution >= 4 is 22.6 Å². The maximum absolute atomic E-state index is 13.2. The molecule has 2 aromatic carbocycles. The number of benzene rings is 2. The van der Waals surface area contributed by atoms with E-state index in [-0.39, 0.29) is 6.42 Å². The van der Waals surface area contributed by atoms with Gasteiger partial charge in [0.25, 0.3) is 0 Å². The summed E-state index contributed by atoms with van der Waals surface area (Å²) in [6, 6.07) is 8.15. The third-order valence-corrected chi connectivity index (χ3v) is 3.43. The van der Waals surface area contributed by atoms with E-state index in [4.69, 9.17) is 17.3 Å². The minimum Gasteiger partial charge on any atom is -0.341 e. The Morgan fingerprint density at radius 3 is 2.57 bits per heavy atom. The van der Waals surface area contributed by atoms with Crippen LogP contribution >= 0.6 is 11.6 Å². The van der Waals surface area contributed by atoms with Gasteiger partial charge >= 0.3 is 0 Å². The van der Waals surface area contributed by atoms with E-state index < -0.39 is 17.7 Å². The number of imidazole rings is 1. The number of hydrogen-bond acceptors (Lipinski definition) is 2. The molecular formula is C15H12ClF2N3. The summed E-state index contributed by atoms with van der Waals surface area (Å²) in [6.07, 6.45) is 0.280. The minimum atomic E-state index is -0.617. The van der Waals surface area contributed by atoms with Gasteiger partial charge in [-0.2, -0.15) is 0 Å². The number of aromatic amines is 1. The highest BCUT2D eigenvalue weighted by atomic mass is 35.5. The van der Waals surface area contributed by atoms with E-state index in [1.807, 2.05) is 0 Å². The van der Waals surface area contributed by atoms with Crippen LogP contribution in [0.25, 0.3) is 11.0 Å². The summed E-state index contributed by atoms with van der Waals surface area (Å²) in [5.74, 6) is -0.681. The fourth-order valence-corrected chi connectivity index (χ4v) is 2.43. The molecule has 0 saturated carbocycles. The summed E-state index contributed by atoms with van der Waals surface area (Å²) < 4.78 is 26.3. The Hall–Kier alpha value is -1.98. The van der Waals surface area contributed by atoms with E-state index >= 15 is 0 Å². The van der Waals surface area contributed by atoms with E-state index in [2.05, 4.69) is 9.97 Å². The lowest BCUT2D eigenvalue weighted by molar-refractivity contribution is 0.575. The van der Waals surface area contributed by atoms with Gasteiger partial charge in [0.15, 0.2) is 0 Å². The highest BCUT2D eigenvalue weighted by molar-refractivity contribution is 6.31. The molecule has 0 aliphatic heterocycles. The van der Waals surface area contributed by atoms with E-state index in [1.54, 1.807) is 18.2 Å². The van der Waals surface area contributed by atoms with Crippen molar-refractivity contribution < 1.29 is 8.78 Å². The first-order chi connectivity index (χ1) is 10.0. The summed E-state index contributed by atoms with van der Waals surface area (Å²) in [7, 11) is 0. The van der Waals surface area contributed by atoms with Crippen molar-refractivity contribution in [2.24, 2.45) is 5.73 Å². The average molecular weight is 308 g/mol. The van der Waals surface area contributed by atoms with Crippen molar-refractivity contribution in [2.45, 2.75) is 12.5 Å². The van der Waals surface area contributed by atoms with Gasteiger partial charge in [-0.25, -0.2) is 13.8 Å². The summed E-state index contributed by atoms with van der Waals surface area (Å²) >= 11 is 5.91. The Kier molecular flexibility index (Phi) is 3.61. The molecule has 108 valence electrons. The molecule has 1 heterocycles. The standard InChI is InChI=1S/C15H12ClF2N3/c16-9-1-2-13-14(6-9)21-15(20-13)12(19)5-8-3-10(17)7-11(18)4-8/h1-4,6-7,12H,5,19H2,(H,20,21)/t12-/m0/s1. The molecule has 1 atom stereocenters. The molecule has 3 nitrogen and oxygen atoms in total.